The van der Waals surface area contributed by atoms with E-state index in [1.165, 1.54) is 18.2 Å². The molecule has 0 fully saturated rings. The number of hydrogen-bond donors (Lipinski definition) is 2. The molecule has 0 aliphatic rings. The molecule has 1 amide bonds. The van der Waals surface area contributed by atoms with Crippen molar-refractivity contribution in [2.24, 2.45) is 7.05 Å². The number of fused-ring (bicyclic) bond motifs is 1. The summed E-state index contributed by atoms with van der Waals surface area (Å²) in [6.07, 6.45) is 8.90. The fourth-order valence-corrected chi connectivity index (χ4v) is 4.24. The van der Waals surface area contributed by atoms with Crippen LogP contribution in [0.2, 0.25) is 0 Å². The summed E-state index contributed by atoms with van der Waals surface area (Å²) in [7, 11) is 1.80. The van der Waals surface area contributed by atoms with Crippen LogP contribution in [0.1, 0.15) is 30.6 Å². The van der Waals surface area contributed by atoms with E-state index in [1.54, 1.807) is 49.4 Å². The van der Waals surface area contributed by atoms with Gasteiger partial charge in [-0.3, -0.25) is 14.5 Å². The Morgan fingerprint density at radius 2 is 2.08 bits per heavy atom. The second kappa shape index (κ2) is 11.1. The zero-order valence-electron chi connectivity index (χ0n) is 20.4. The van der Waals surface area contributed by atoms with Crippen LogP contribution < -0.4 is 5.32 Å². The molecular weight excluding hydrogens is 479 g/mol. The van der Waals surface area contributed by atoms with E-state index in [0.29, 0.717) is 28.3 Å². The first kappa shape index (κ1) is 25.7. The molecule has 0 aliphatic carbocycles. The zero-order chi connectivity index (χ0) is 26.5. The first-order valence-electron chi connectivity index (χ1n) is 11.6. The number of aromatic nitrogens is 4. The fraction of sp³-hybridized carbons (Fsp3) is 0.179. The van der Waals surface area contributed by atoms with Gasteiger partial charge >= 0.3 is 0 Å². The average molecular weight is 506 g/mol. The lowest BCUT2D eigenvalue weighted by molar-refractivity contribution is -0.121. The van der Waals surface area contributed by atoms with Gasteiger partial charge in [0.15, 0.2) is 0 Å². The van der Waals surface area contributed by atoms with E-state index >= 15 is 0 Å². The number of benzene rings is 1. The van der Waals surface area contributed by atoms with Crippen molar-refractivity contribution in [3.63, 3.8) is 0 Å². The quantitative estimate of drug-likeness (QED) is 0.267. The fourth-order valence-electron chi connectivity index (χ4n) is 4.24. The third kappa shape index (κ3) is 6.43. The Morgan fingerprint density at radius 1 is 1.27 bits per heavy atom. The number of hydrogen-bond acceptors (Lipinski definition) is 3. The number of nitrogens with one attached hydrogen (secondary N) is 2. The van der Waals surface area contributed by atoms with Gasteiger partial charge in [0, 0.05) is 53.7 Å². The third-order valence-electron chi connectivity index (χ3n) is 5.81. The number of rotatable bonds is 9. The van der Waals surface area contributed by atoms with E-state index in [2.05, 4.69) is 27.0 Å². The Labute approximate surface area is 212 Å². The average Bonchev–Trinajstić information content (AvgIpc) is 3.44. The van der Waals surface area contributed by atoms with Gasteiger partial charge in [-0.15, -0.1) is 0 Å². The maximum Gasteiger partial charge on any atom is 0.225 e. The highest BCUT2D eigenvalue weighted by Crippen LogP contribution is 2.30. The normalized spacial score (nSPS) is 13.1. The molecule has 37 heavy (non-hydrogen) atoms. The van der Waals surface area contributed by atoms with E-state index in [-0.39, 0.29) is 18.7 Å². The van der Waals surface area contributed by atoms with Crippen molar-refractivity contribution in [3.05, 3.63) is 108 Å². The molecule has 4 aromatic rings. The Morgan fingerprint density at radius 3 is 2.81 bits per heavy atom. The van der Waals surface area contributed by atoms with Crippen LogP contribution in [-0.2, 0) is 18.3 Å². The smallest absolute Gasteiger partial charge is 0.225 e. The van der Waals surface area contributed by atoms with Crippen molar-refractivity contribution >= 4 is 16.8 Å². The lowest BCUT2D eigenvalue weighted by Gasteiger charge is -2.21. The summed E-state index contributed by atoms with van der Waals surface area (Å²) in [5, 5.41) is 7.85. The van der Waals surface area contributed by atoms with E-state index in [1.807, 2.05) is 12.3 Å². The van der Waals surface area contributed by atoms with E-state index in [4.69, 9.17) is 0 Å². The summed E-state index contributed by atoms with van der Waals surface area (Å²) in [4.78, 5) is 20.8. The molecule has 0 saturated carbocycles. The van der Waals surface area contributed by atoms with Crippen LogP contribution >= 0.6 is 0 Å². The van der Waals surface area contributed by atoms with Crippen molar-refractivity contribution in [3.8, 4) is 11.1 Å². The van der Waals surface area contributed by atoms with Crippen LogP contribution in [0.4, 0.5) is 13.2 Å². The second-order valence-corrected chi connectivity index (χ2v) is 8.81. The maximum atomic E-state index is 14.1. The molecule has 0 bridgehead atoms. The predicted molar refractivity (Wildman–Crippen MR) is 137 cm³/mol. The number of carbonyl (C=O) groups is 1. The van der Waals surface area contributed by atoms with Gasteiger partial charge in [-0.05, 0) is 49.2 Å². The number of nitrogens with zero attached hydrogens (tertiary/aromatic N) is 3. The number of H-pyrrole nitrogens is 1. The van der Waals surface area contributed by atoms with Crippen molar-refractivity contribution in [2.45, 2.75) is 25.8 Å². The highest BCUT2D eigenvalue weighted by Gasteiger charge is 2.22. The van der Waals surface area contributed by atoms with Crippen LogP contribution in [0.15, 0.2) is 91.1 Å². The maximum absolute atomic E-state index is 14.1. The minimum Gasteiger partial charge on any atom is -0.361 e. The summed E-state index contributed by atoms with van der Waals surface area (Å²) in [5.74, 6) is -2.40. The second-order valence-electron chi connectivity index (χ2n) is 8.81. The number of aryl methyl sites for hydroxylation is 1. The molecule has 6 nitrogen and oxygen atoms in total. The van der Waals surface area contributed by atoms with Crippen LogP contribution in [-0.4, -0.2) is 25.7 Å². The molecule has 3 aromatic heterocycles. The van der Waals surface area contributed by atoms with E-state index in [9.17, 15) is 18.0 Å². The molecule has 9 heteroatoms. The third-order valence-corrected chi connectivity index (χ3v) is 5.81. The monoisotopic (exact) mass is 505 g/mol. The summed E-state index contributed by atoms with van der Waals surface area (Å²) in [5.41, 5.74) is 4.05. The van der Waals surface area contributed by atoms with Gasteiger partial charge in [0.25, 0.3) is 0 Å². The Kier molecular flexibility index (Phi) is 7.71. The van der Waals surface area contributed by atoms with Crippen LogP contribution in [0.5, 0.6) is 0 Å². The highest BCUT2D eigenvalue weighted by molar-refractivity contribution is 5.89. The first-order valence-corrected chi connectivity index (χ1v) is 11.6. The lowest BCUT2D eigenvalue weighted by atomic mass is 9.96. The van der Waals surface area contributed by atoms with Gasteiger partial charge in [-0.2, -0.15) is 5.10 Å². The standard InChI is InChI=1S/C28H26F3N5O/c1-17(9-22(31)11-18(2)29)10-26(28-23(5-4-8-32-28)20-15-34-36(3)16-20)35-27(37)12-19-14-33-25-7-6-21(30)13-24(19)25/h4-9,11,13-16,26,33H,2,10,12H2,1,3H3,(H,35,37). The Bertz CT molecular complexity index is 1520. The number of aromatic amines is 1. The van der Waals surface area contributed by atoms with E-state index < -0.39 is 23.5 Å². The summed E-state index contributed by atoms with van der Waals surface area (Å²) in [6, 6.07) is 7.36. The summed E-state index contributed by atoms with van der Waals surface area (Å²) < 4.78 is 42.6. The SMILES string of the molecule is C=C(F)C=C(F)C=C(C)CC(NC(=O)Cc1c[nH]c2ccc(F)cc12)c1ncccc1-c1cnn(C)c1. The van der Waals surface area contributed by atoms with Gasteiger partial charge in [0.2, 0.25) is 5.91 Å². The van der Waals surface area contributed by atoms with Crippen molar-refractivity contribution in [2.75, 3.05) is 0 Å². The molecule has 2 N–H and O–H groups in total. The van der Waals surface area contributed by atoms with Crippen molar-refractivity contribution in [1.82, 2.24) is 25.1 Å². The summed E-state index contributed by atoms with van der Waals surface area (Å²) >= 11 is 0. The lowest BCUT2D eigenvalue weighted by Crippen LogP contribution is -2.31. The minimum absolute atomic E-state index is 0.00624. The molecule has 1 atom stereocenters. The molecule has 190 valence electrons. The molecule has 3 heterocycles. The van der Waals surface area contributed by atoms with Crippen molar-refractivity contribution < 1.29 is 18.0 Å². The topological polar surface area (TPSA) is 75.6 Å². The van der Waals surface area contributed by atoms with Gasteiger partial charge in [0.1, 0.15) is 17.5 Å². The molecule has 0 spiro atoms. The van der Waals surface area contributed by atoms with Gasteiger partial charge in [-0.1, -0.05) is 18.2 Å². The number of allylic oxidation sites excluding steroid dienone is 4. The molecule has 0 radical (unpaired) electrons. The molecule has 1 unspecified atom stereocenters. The number of carbonyl (C=O) groups excluding carboxylic acids is 1. The Hall–Kier alpha value is -4.40. The van der Waals surface area contributed by atoms with Gasteiger partial charge in [-0.25, -0.2) is 13.2 Å². The number of pyridine rings is 1. The molecule has 1 aromatic carbocycles. The molecule has 4 rings (SSSR count). The molecule has 0 saturated heterocycles. The van der Waals surface area contributed by atoms with Crippen LogP contribution in [0, 0.1) is 5.82 Å². The first-order chi connectivity index (χ1) is 17.7. The molecule has 0 aliphatic heterocycles. The predicted octanol–water partition coefficient (Wildman–Crippen LogP) is 6.18. The zero-order valence-corrected chi connectivity index (χ0v) is 20.4. The molecular formula is C28H26F3N5O. The largest absolute Gasteiger partial charge is 0.361 e. The van der Waals surface area contributed by atoms with E-state index in [0.717, 1.165) is 16.6 Å². The highest BCUT2D eigenvalue weighted by atomic mass is 19.1. The Balaban J connectivity index is 1.66. The summed E-state index contributed by atoms with van der Waals surface area (Å²) in [6.45, 7) is 4.73. The number of amides is 1. The van der Waals surface area contributed by atoms with Gasteiger partial charge in [0.05, 0.1) is 24.4 Å². The van der Waals surface area contributed by atoms with Crippen molar-refractivity contribution in [1.29, 1.82) is 0 Å². The van der Waals surface area contributed by atoms with Gasteiger partial charge < -0.3 is 10.3 Å². The van der Waals surface area contributed by atoms with Crippen LogP contribution in [0.3, 0.4) is 0 Å². The minimum atomic E-state index is -0.898. The number of halogens is 3. The van der Waals surface area contributed by atoms with Crippen LogP contribution in [0.25, 0.3) is 22.0 Å².